The van der Waals surface area contributed by atoms with E-state index in [-0.39, 0.29) is 6.10 Å². The minimum Gasteiger partial charge on any atom is -0.491 e. The fourth-order valence-electron chi connectivity index (χ4n) is 1.95. The third-order valence-corrected chi connectivity index (χ3v) is 2.98. The summed E-state index contributed by atoms with van der Waals surface area (Å²) in [5.41, 5.74) is 1.01. The van der Waals surface area contributed by atoms with E-state index in [2.05, 4.69) is 17.1 Å². The Bertz CT molecular complexity index is 601. The largest absolute Gasteiger partial charge is 0.491 e. The molecule has 0 radical (unpaired) electrons. The number of rotatable bonds is 5. The van der Waals surface area contributed by atoms with Crippen molar-refractivity contribution in [2.75, 3.05) is 0 Å². The van der Waals surface area contributed by atoms with E-state index in [1.54, 1.807) is 0 Å². The normalized spacial score (nSPS) is 10.9. The number of hydrogen-bond donors (Lipinski definition) is 1. The van der Waals surface area contributed by atoms with Crippen LogP contribution in [-0.2, 0) is 6.54 Å². The summed E-state index contributed by atoms with van der Waals surface area (Å²) in [6.45, 7) is 7.01. The first kappa shape index (κ1) is 13.8. The van der Waals surface area contributed by atoms with Crippen molar-refractivity contribution >= 4 is 12.2 Å². The standard InChI is InChI=1S/C14H19N3OS/c1-4-8-17-13(15-16-14(17)19)11-6-5-7-12(9-11)18-10(2)3/h5-7,9-10H,4,8H2,1-3H3,(H,16,19). The highest BCUT2D eigenvalue weighted by Crippen LogP contribution is 2.23. The van der Waals surface area contributed by atoms with Crippen LogP contribution in [0.4, 0.5) is 0 Å². The summed E-state index contributed by atoms with van der Waals surface area (Å²) in [4.78, 5) is 0. The lowest BCUT2D eigenvalue weighted by molar-refractivity contribution is 0.242. The van der Waals surface area contributed by atoms with E-state index in [1.807, 2.05) is 42.7 Å². The number of ether oxygens (including phenoxy) is 1. The van der Waals surface area contributed by atoms with Crippen molar-refractivity contribution in [2.45, 2.75) is 39.8 Å². The molecule has 0 fully saturated rings. The van der Waals surface area contributed by atoms with Crippen molar-refractivity contribution in [3.63, 3.8) is 0 Å². The van der Waals surface area contributed by atoms with Crippen LogP contribution in [0.1, 0.15) is 27.2 Å². The molecular formula is C14H19N3OS. The topological polar surface area (TPSA) is 42.8 Å². The van der Waals surface area contributed by atoms with E-state index in [0.717, 1.165) is 30.1 Å². The zero-order valence-corrected chi connectivity index (χ0v) is 12.3. The summed E-state index contributed by atoms with van der Waals surface area (Å²) in [6.07, 6.45) is 1.18. The van der Waals surface area contributed by atoms with Crippen LogP contribution in [0.25, 0.3) is 11.4 Å². The van der Waals surface area contributed by atoms with Gasteiger partial charge in [0.05, 0.1) is 6.10 Å². The molecule has 0 aliphatic heterocycles. The van der Waals surface area contributed by atoms with Crippen molar-refractivity contribution in [1.82, 2.24) is 14.8 Å². The van der Waals surface area contributed by atoms with Gasteiger partial charge in [-0.1, -0.05) is 19.1 Å². The zero-order chi connectivity index (χ0) is 13.8. The number of benzene rings is 1. The van der Waals surface area contributed by atoms with Gasteiger partial charge in [-0.25, -0.2) is 0 Å². The Balaban J connectivity index is 2.39. The molecule has 4 nitrogen and oxygen atoms in total. The van der Waals surface area contributed by atoms with Gasteiger partial charge in [-0.15, -0.1) is 0 Å². The molecule has 102 valence electrons. The molecule has 1 N–H and O–H groups in total. The second kappa shape index (κ2) is 6.02. The van der Waals surface area contributed by atoms with E-state index in [4.69, 9.17) is 17.0 Å². The average molecular weight is 277 g/mol. The number of aromatic amines is 1. The summed E-state index contributed by atoms with van der Waals surface area (Å²) in [6, 6.07) is 7.94. The van der Waals surface area contributed by atoms with E-state index in [1.165, 1.54) is 0 Å². The monoisotopic (exact) mass is 277 g/mol. The number of H-pyrrole nitrogens is 1. The lowest BCUT2D eigenvalue weighted by Crippen LogP contribution is -2.05. The van der Waals surface area contributed by atoms with Gasteiger partial charge in [0.2, 0.25) is 0 Å². The molecule has 1 aromatic heterocycles. The molecule has 0 atom stereocenters. The van der Waals surface area contributed by atoms with Gasteiger partial charge in [-0.3, -0.25) is 5.10 Å². The molecule has 19 heavy (non-hydrogen) atoms. The maximum Gasteiger partial charge on any atom is 0.195 e. The van der Waals surface area contributed by atoms with Gasteiger partial charge in [0, 0.05) is 12.1 Å². The molecule has 2 rings (SSSR count). The summed E-state index contributed by atoms with van der Waals surface area (Å²) in [7, 11) is 0. The van der Waals surface area contributed by atoms with Crippen molar-refractivity contribution in [3.05, 3.63) is 29.0 Å². The molecule has 0 aliphatic rings. The van der Waals surface area contributed by atoms with Gasteiger partial charge in [0.25, 0.3) is 0 Å². The second-order valence-electron chi connectivity index (χ2n) is 4.70. The molecule has 1 aromatic carbocycles. The zero-order valence-electron chi connectivity index (χ0n) is 11.5. The second-order valence-corrected chi connectivity index (χ2v) is 5.09. The van der Waals surface area contributed by atoms with Crippen LogP contribution < -0.4 is 4.74 Å². The highest BCUT2D eigenvalue weighted by Gasteiger charge is 2.09. The Kier molecular flexibility index (Phi) is 4.37. The molecule has 0 saturated heterocycles. The van der Waals surface area contributed by atoms with Crippen molar-refractivity contribution < 1.29 is 4.74 Å². The first-order valence-corrected chi connectivity index (χ1v) is 6.95. The minimum absolute atomic E-state index is 0.159. The molecule has 5 heteroatoms. The number of hydrogen-bond acceptors (Lipinski definition) is 3. The van der Waals surface area contributed by atoms with Crippen molar-refractivity contribution in [3.8, 4) is 17.1 Å². The first-order valence-electron chi connectivity index (χ1n) is 6.54. The molecule has 2 aromatic rings. The SMILES string of the molecule is CCCn1c(-c2cccc(OC(C)C)c2)n[nH]c1=S. The van der Waals surface area contributed by atoms with E-state index < -0.39 is 0 Å². The van der Waals surface area contributed by atoms with E-state index >= 15 is 0 Å². The number of nitrogens with one attached hydrogen (secondary N) is 1. The lowest BCUT2D eigenvalue weighted by Gasteiger charge is -2.11. The quantitative estimate of drug-likeness (QED) is 0.845. The summed E-state index contributed by atoms with van der Waals surface area (Å²) >= 11 is 5.25. The highest BCUT2D eigenvalue weighted by atomic mass is 32.1. The Hall–Kier alpha value is -1.62. The Labute approximate surface area is 118 Å². The maximum absolute atomic E-state index is 5.71. The fourth-order valence-corrected chi connectivity index (χ4v) is 2.17. The smallest absolute Gasteiger partial charge is 0.195 e. The van der Waals surface area contributed by atoms with Gasteiger partial charge in [-0.2, -0.15) is 5.10 Å². The third kappa shape index (κ3) is 3.23. The van der Waals surface area contributed by atoms with Crippen LogP contribution in [0.15, 0.2) is 24.3 Å². The van der Waals surface area contributed by atoms with Crippen LogP contribution in [0.5, 0.6) is 5.75 Å². The summed E-state index contributed by atoms with van der Waals surface area (Å²) in [5, 5.41) is 7.17. The van der Waals surface area contributed by atoms with E-state index in [0.29, 0.717) is 4.77 Å². The molecule has 0 bridgehead atoms. The minimum atomic E-state index is 0.159. The average Bonchev–Trinajstić information content (AvgIpc) is 2.71. The predicted octanol–water partition coefficient (Wildman–Crippen LogP) is 3.80. The van der Waals surface area contributed by atoms with Gasteiger partial charge in [-0.05, 0) is 44.6 Å². The highest BCUT2D eigenvalue weighted by molar-refractivity contribution is 7.71. The van der Waals surface area contributed by atoms with Crippen molar-refractivity contribution in [1.29, 1.82) is 0 Å². The molecule has 0 aliphatic carbocycles. The van der Waals surface area contributed by atoms with Crippen molar-refractivity contribution in [2.24, 2.45) is 0 Å². The fraction of sp³-hybridized carbons (Fsp3) is 0.429. The van der Waals surface area contributed by atoms with Crippen LogP contribution in [0.3, 0.4) is 0 Å². The predicted molar refractivity (Wildman–Crippen MR) is 78.9 cm³/mol. The van der Waals surface area contributed by atoms with E-state index in [9.17, 15) is 0 Å². The Morgan fingerprint density at radius 3 is 2.89 bits per heavy atom. The maximum atomic E-state index is 5.71. The first-order chi connectivity index (χ1) is 9.11. The molecule has 1 heterocycles. The van der Waals surface area contributed by atoms with Crippen LogP contribution in [0, 0.1) is 4.77 Å². The lowest BCUT2D eigenvalue weighted by atomic mass is 10.2. The molecule has 0 saturated carbocycles. The van der Waals surface area contributed by atoms with Gasteiger partial charge < -0.3 is 9.30 Å². The summed E-state index contributed by atoms with van der Waals surface area (Å²) in [5.74, 6) is 1.71. The number of nitrogens with zero attached hydrogens (tertiary/aromatic N) is 2. The molecule has 0 spiro atoms. The molecule has 0 unspecified atom stereocenters. The van der Waals surface area contributed by atoms with Crippen LogP contribution in [-0.4, -0.2) is 20.9 Å². The Morgan fingerprint density at radius 2 is 2.21 bits per heavy atom. The number of aromatic nitrogens is 3. The van der Waals surface area contributed by atoms with Gasteiger partial charge in [0.15, 0.2) is 10.6 Å². The molecular weight excluding hydrogens is 258 g/mol. The van der Waals surface area contributed by atoms with Crippen LogP contribution in [0.2, 0.25) is 0 Å². The third-order valence-electron chi connectivity index (χ3n) is 2.67. The van der Waals surface area contributed by atoms with Gasteiger partial charge in [0.1, 0.15) is 5.75 Å². The summed E-state index contributed by atoms with van der Waals surface area (Å²) < 4.78 is 8.39. The molecule has 0 amide bonds. The van der Waals surface area contributed by atoms with Crippen LogP contribution >= 0.6 is 12.2 Å². The van der Waals surface area contributed by atoms with Gasteiger partial charge >= 0.3 is 0 Å². The Morgan fingerprint density at radius 1 is 1.42 bits per heavy atom.